The number of aryl methyl sites for hydroxylation is 1. The third-order valence-corrected chi connectivity index (χ3v) is 5.53. The molecule has 0 unspecified atom stereocenters. The Hall–Kier alpha value is -1.11. The molecule has 0 aliphatic carbocycles. The van der Waals surface area contributed by atoms with E-state index in [4.69, 9.17) is 0 Å². The number of benzene rings is 1. The van der Waals surface area contributed by atoms with Crippen LogP contribution in [0.3, 0.4) is 0 Å². The van der Waals surface area contributed by atoms with Gasteiger partial charge in [0.25, 0.3) is 0 Å². The van der Waals surface area contributed by atoms with Crippen LogP contribution < -0.4 is 0 Å². The molecular formula is C15H14BrN3S2. The summed E-state index contributed by atoms with van der Waals surface area (Å²) in [5.41, 5.74) is 2.41. The van der Waals surface area contributed by atoms with Gasteiger partial charge in [-0.05, 0) is 30.7 Å². The van der Waals surface area contributed by atoms with Gasteiger partial charge in [0.05, 0.1) is 0 Å². The normalized spacial score (nSPS) is 11.0. The summed E-state index contributed by atoms with van der Waals surface area (Å²) in [5, 5.41) is 11.7. The Labute approximate surface area is 140 Å². The van der Waals surface area contributed by atoms with Crippen LogP contribution in [0.2, 0.25) is 0 Å². The van der Waals surface area contributed by atoms with E-state index in [9.17, 15) is 0 Å². The van der Waals surface area contributed by atoms with E-state index in [1.807, 2.05) is 13.1 Å². The molecule has 2 aromatic heterocycles. The van der Waals surface area contributed by atoms with Crippen LogP contribution in [0.4, 0.5) is 0 Å². The zero-order valence-electron chi connectivity index (χ0n) is 11.7. The van der Waals surface area contributed by atoms with E-state index in [0.29, 0.717) is 0 Å². The third-order valence-electron chi connectivity index (χ3n) is 3.08. The zero-order valence-corrected chi connectivity index (χ0v) is 14.9. The molecule has 0 radical (unpaired) electrons. The van der Waals surface area contributed by atoms with Gasteiger partial charge >= 0.3 is 0 Å². The first-order valence-corrected chi connectivity index (χ1v) is 9.11. The van der Waals surface area contributed by atoms with Crippen LogP contribution in [0.15, 0.2) is 45.3 Å². The molecule has 1 aromatic carbocycles. The van der Waals surface area contributed by atoms with E-state index >= 15 is 0 Å². The second-order valence-electron chi connectivity index (χ2n) is 4.73. The lowest BCUT2D eigenvalue weighted by atomic mass is 10.2. The fourth-order valence-electron chi connectivity index (χ4n) is 2.03. The van der Waals surface area contributed by atoms with Crippen LogP contribution in [-0.4, -0.2) is 14.8 Å². The first-order valence-electron chi connectivity index (χ1n) is 6.45. The average Bonchev–Trinajstić information content (AvgIpc) is 3.03. The van der Waals surface area contributed by atoms with Gasteiger partial charge in [0.15, 0.2) is 11.0 Å². The lowest BCUT2D eigenvalue weighted by Gasteiger charge is -2.03. The van der Waals surface area contributed by atoms with E-state index < -0.39 is 0 Å². The minimum atomic E-state index is 0.883. The smallest absolute Gasteiger partial charge is 0.191 e. The molecule has 0 fully saturated rings. The van der Waals surface area contributed by atoms with Gasteiger partial charge in [-0.2, -0.15) is 0 Å². The maximum atomic E-state index is 4.32. The number of hydrogen-bond donors (Lipinski definition) is 0. The van der Waals surface area contributed by atoms with Gasteiger partial charge in [-0.15, -0.1) is 21.5 Å². The molecule has 6 heteroatoms. The number of nitrogens with zero attached hydrogens (tertiary/aromatic N) is 3. The summed E-state index contributed by atoms with van der Waals surface area (Å²) >= 11 is 6.94. The summed E-state index contributed by atoms with van der Waals surface area (Å²) in [6.45, 7) is 2.10. The lowest BCUT2D eigenvalue weighted by Crippen LogP contribution is -1.94. The standard InChI is InChI=1S/C15H14BrN3S2/c1-10-6-12(9-20-10)14-17-18-15(19(14)2)21-8-11-4-3-5-13(16)7-11/h3-7,9H,8H2,1-2H3. The van der Waals surface area contributed by atoms with Crippen molar-refractivity contribution in [3.63, 3.8) is 0 Å². The number of halogens is 1. The van der Waals surface area contributed by atoms with E-state index in [-0.39, 0.29) is 0 Å². The van der Waals surface area contributed by atoms with Crippen LogP contribution >= 0.6 is 39.0 Å². The summed E-state index contributed by atoms with van der Waals surface area (Å²) in [5.74, 6) is 1.81. The highest BCUT2D eigenvalue weighted by Crippen LogP contribution is 2.28. The van der Waals surface area contributed by atoms with Crippen molar-refractivity contribution in [1.29, 1.82) is 0 Å². The van der Waals surface area contributed by atoms with E-state index in [1.54, 1.807) is 23.1 Å². The fraction of sp³-hybridized carbons (Fsp3) is 0.200. The van der Waals surface area contributed by atoms with E-state index in [0.717, 1.165) is 26.8 Å². The minimum Gasteiger partial charge on any atom is -0.305 e. The number of aromatic nitrogens is 3. The van der Waals surface area contributed by atoms with Crippen LogP contribution in [-0.2, 0) is 12.8 Å². The molecule has 0 N–H and O–H groups in total. The molecule has 0 spiro atoms. The molecule has 3 rings (SSSR count). The molecule has 0 amide bonds. The van der Waals surface area contributed by atoms with Gasteiger partial charge < -0.3 is 4.57 Å². The summed E-state index contributed by atoms with van der Waals surface area (Å²) in [4.78, 5) is 1.29. The molecular weight excluding hydrogens is 366 g/mol. The van der Waals surface area contributed by atoms with E-state index in [2.05, 4.69) is 67.3 Å². The highest BCUT2D eigenvalue weighted by Gasteiger charge is 2.12. The van der Waals surface area contributed by atoms with Crippen molar-refractivity contribution in [2.24, 2.45) is 7.05 Å². The van der Waals surface area contributed by atoms with Crippen molar-refractivity contribution < 1.29 is 0 Å². The second-order valence-corrected chi connectivity index (χ2v) is 7.70. The lowest BCUT2D eigenvalue weighted by molar-refractivity contribution is 0.794. The van der Waals surface area contributed by atoms with Crippen molar-refractivity contribution in [3.05, 3.63) is 50.6 Å². The average molecular weight is 380 g/mol. The second kappa shape index (κ2) is 6.34. The monoisotopic (exact) mass is 379 g/mol. The predicted octanol–water partition coefficient (Wildman–Crippen LogP) is 4.91. The Kier molecular flexibility index (Phi) is 4.47. The minimum absolute atomic E-state index is 0.883. The number of thioether (sulfide) groups is 1. The van der Waals surface area contributed by atoms with Gasteiger partial charge in [0.2, 0.25) is 0 Å². The molecule has 2 heterocycles. The maximum absolute atomic E-state index is 4.32. The number of rotatable bonds is 4. The first kappa shape index (κ1) is 14.8. The molecule has 0 bridgehead atoms. The highest BCUT2D eigenvalue weighted by molar-refractivity contribution is 9.10. The molecule has 0 saturated heterocycles. The molecule has 108 valence electrons. The number of thiophene rings is 1. The quantitative estimate of drug-likeness (QED) is 0.603. The maximum Gasteiger partial charge on any atom is 0.191 e. The molecule has 21 heavy (non-hydrogen) atoms. The van der Waals surface area contributed by atoms with Gasteiger partial charge in [-0.3, -0.25) is 0 Å². The van der Waals surface area contributed by atoms with Gasteiger partial charge in [-0.1, -0.05) is 39.8 Å². The van der Waals surface area contributed by atoms with Crippen molar-refractivity contribution in [1.82, 2.24) is 14.8 Å². The van der Waals surface area contributed by atoms with Crippen LogP contribution in [0.5, 0.6) is 0 Å². The highest BCUT2D eigenvalue weighted by atomic mass is 79.9. The Bertz CT molecular complexity index is 764. The molecule has 3 nitrogen and oxygen atoms in total. The molecule has 3 aromatic rings. The van der Waals surface area contributed by atoms with Gasteiger partial charge in [0, 0.05) is 33.1 Å². The molecule has 0 saturated carbocycles. The predicted molar refractivity (Wildman–Crippen MR) is 92.8 cm³/mol. The molecule has 0 aliphatic rings. The third kappa shape index (κ3) is 3.39. The van der Waals surface area contributed by atoms with Gasteiger partial charge in [0.1, 0.15) is 0 Å². The Morgan fingerprint density at radius 3 is 2.86 bits per heavy atom. The molecule has 0 atom stereocenters. The first-order chi connectivity index (χ1) is 10.1. The number of hydrogen-bond acceptors (Lipinski definition) is 4. The Morgan fingerprint density at radius 2 is 2.14 bits per heavy atom. The van der Waals surface area contributed by atoms with Crippen molar-refractivity contribution in [2.45, 2.75) is 17.8 Å². The summed E-state index contributed by atoms with van der Waals surface area (Å²) in [6.07, 6.45) is 0. The van der Waals surface area contributed by atoms with Crippen molar-refractivity contribution >= 4 is 39.0 Å². The van der Waals surface area contributed by atoms with Crippen LogP contribution in [0.25, 0.3) is 11.4 Å². The molecule has 0 aliphatic heterocycles. The Morgan fingerprint density at radius 1 is 1.29 bits per heavy atom. The topological polar surface area (TPSA) is 30.7 Å². The largest absolute Gasteiger partial charge is 0.305 e. The summed E-state index contributed by atoms with van der Waals surface area (Å²) in [7, 11) is 2.02. The zero-order chi connectivity index (χ0) is 14.8. The fourth-order valence-corrected chi connectivity index (χ4v) is 4.01. The van der Waals surface area contributed by atoms with Crippen LogP contribution in [0, 0.1) is 6.92 Å². The van der Waals surface area contributed by atoms with Crippen molar-refractivity contribution in [3.8, 4) is 11.4 Å². The summed E-state index contributed by atoms with van der Waals surface area (Å²) in [6, 6.07) is 10.5. The summed E-state index contributed by atoms with van der Waals surface area (Å²) < 4.78 is 3.16. The Balaban J connectivity index is 1.77. The van der Waals surface area contributed by atoms with Gasteiger partial charge in [-0.25, -0.2) is 0 Å². The SMILES string of the molecule is Cc1cc(-c2nnc(SCc3cccc(Br)c3)n2C)cs1. The van der Waals surface area contributed by atoms with Crippen LogP contribution in [0.1, 0.15) is 10.4 Å². The van der Waals surface area contributed by atoms with E-state index in [1.165, 1.54) is 10.4 Å². The van der Waals surface area contributed by atoms with Crippen molar-refractivity contribution in [2.75, 3.05) is 0 Å².